The fraction of sp³-hybridized carbons (Fsp3) is 0.310. The Labute approximate surface area is 267 Å². The van der Waals surface area contributed by atoms with Gasteiger partial charge in [0.25, 0.3) is 5.56 Å². The molecule has 10 nitrogen and oxygen atoms in total. The quantitative estimate of drug-likeness (QED) is 0.178. The van der Waals surface area contributed by atoms with Gasteiger partial charge >= 0.3 is 11.9 Å². The van der Waals surface area contributed by atoms with Crippen LogP contribution in [0.25, 0.3) is 6.08 Å². The van der Waals surface area contributed by atoms with Crippen molar-refractivity contribution in [3.63, 3.8) is 0 Å². The number of benzene rings is 2. The molecule has 0 saturated heterocycles. The molecule has 1 aliphatic rings. The van der Waals surface area contributed by atoms with Gasteiger partial charge in [0.1, 0.15) is 0 Å². The van der Waals surface area contributed by atoms with Crippen LogP contribution in [0.3, 0.4) is 0 Å². The summed E-state index contributed by atoms with van der Waals surface area (Å²) in [4.78, 5) is 44.0. The Kier molecular flexibility index (Phi) is 10.1. The average molecular weight is 771 g/mol. The third kappa shape index (κ3) is 6.27. The number of hydrogen-bond donors (Lipinski definition) is 0. The van der Waals surface area contributed by atoms with Gasteiger partial charge in [-0.2, -0.15) is 0 Å². The smallest absolute Gasteiger partial charge is 0.338 e. The van der Waals surface area contributed by atoms with Gasteiger partial charge in [0.15, 0.2) is 27.8 Å². The molecule has 0 radical (unpaired) electrons. The number of carbonyl (C=O) groups excluding carboxylic acids is 2. The number of hydrogen-bond acceptors (Lipinski definition) is 10. The highest BCUT2D eigenvalue weighted by Gasteiger charge is 2.35. The van der Waals surface area contributed by atoms with Crippen LogP contribution in [0.2, 0.25) is 0 Å². The van der Waals surface area contributed by atoms with Gasteiger partial charge in [-0.1, -0.05) is 27.3 Å². The second-order valence-electron chi connectivity index (χ2n) is 8.89. The van der Waals surface area contributed by atoms with E-state index in [4.69, 9.17) is 23.7 Å². The summed E-state index contributed by atoms with van der Waals surface area (Å²) in [6, 6.07) is 6.09. The van der Waals surface area contributed by atoms with Crippen molar-refractivity contribution >= 4 is 67.9 Å². The number of halogens is 2. The van der Waals surface area contributed by atoms with E-state index in [0.717, 1.165) is 0 Å². The van der Waals surface area contributed by atoms with Gasteiger partial charge in [0.05, 0.1) is 52.8 Å². The van der Waals surface area contributed by atoms with Gasteiger partial charge < -0.3 is 23.7 Å². The third-order valence-electron chi connectivity index (χ3n) is 6.19. The lowest BCUT2D eigenvalue weighted by Crippen LogP contribution is -2.40. The number of ether oxygens (including phenoxy) is 5. The summed E-state index contributed by atoms with van der Waals surface area (Å²) >= 11 is 6.85. The van der Waals surface area contributed by atoms with Crippen molar-refractivity contribution in [3.8, 4) is 23.0 Å². The van der Waals surface area contributed by atoms with Gasteiger partial charge in [-0.25, -0.2) is 9.79 Å². The Balaban J connectivity index is 1.98. The van der Waals surface area contributed by atoms with Crippen LogP contribution in [0.1, 0.15) is 44.9 Å². The number of nitrogens with zero attached hydrogens (tertiary/aromatic N) is 2. The molecule has 2 heterocycles. The number of esters is 2. The van der Waals surface area contributed by atoms with E-state index in [1.54, 1.807) is 44.2 Å². The van der Waals surface area contributed by atoms with Crippen LogP contribution < -0.4 is 33.8 Å². The minimum atomic E-state index is -0.859. The lowest BCUT2D eigenvalue weighted by atomic mass is 9.95. The van der Waals surface area contributed by atoms with Crippen molar-refractivity contribution in [3.05, 3.63) is 74.4 Å². The van der Waals surface area contributed by atoms with Crippen molar-refractivity contribution in [1.29, 1.82) is 0 Å². The van der Waals surface area contributed by atoms with E-state index in [2.05, 4.69) is 43.5 Å². The van der Waals surface area contributed by atoms with Gasteiger partial charge in [-0.05, 0) is 84.8 Å². The Morgan fingerprint density at radius 2 is 1.79 bits per heavy atom. The summed E-state index contributed by atoms with van der Waals surface area (Å²) in [7, 11) is 3.04. The topological polar surface area (TPSA) is 115 Å². The molecular formula is C29H28BrIN2O8S. The van der Waals surface area contributed by atoms with Crippen LogP contribution in [-0.2, 0) is 14.3 Å². The number of methoxy groups -OCH3 is 2. The van der Waals surface area contributed by atoms with Crippen molar-refractivity contribution in [2.75, 3.05) is 27.4 Å². The lowest BCUT2D eigenvalue weighted by molar-refractivity contribution is -0.139. The standard InChI is InChI=1S/C29H28BrIN2O8S/c1-7-39-22-10-16(9-19(31)26(22)41-15(4)34)11-23-27(35)33-25(17-12-20(37-5)21(38-6)13-18(17)30)24(28(36)40-8-2)14(3)32-29(33)42-23/h9-13,25H,7-8H2,1-6H3/b23-11-/t25-/m1/s1. The first-order valence-electron chi connectivity index (χ1n) is 12.8. The maximum absolute atomic E-state index is 14.1. The first kappa shape index (κ1) is 31.8. The molecule has 1 atom stereocenters. The summed E-state index contributed by atoms with van der Waals surface area (Å²) in [6.07, 6.45) is 1.72. The first-order valence-corrected chi connectivity index (χ1v) is 15.5. The highest BCUT2D eigenvalue weighted by molar-refractivity contribution is 14.1. The van der Waals surface area contributed by atoms with E-state index in [1.165, 1.54) is 37.0 Å². The monoisotopic (exact) mass is 770 g/mol. The van der Waals surface area contributed by atoms with Crippen LogP contribution in [0, 0.1) is 3.57 Å². The molecule has 2 aromatic carbocycles. The zero-order chi connectivity index (χ0) is 30.7. The largest absolute Gasteiger partial charge is 0.493 e. The van der Waals surface area contributed by atoms with Crippen LogP contribution in [0.5, 0.6) is 23.0 Å². The van der Waals surface area contributed by atoms with E-state index in [1.807, 2.05) is 6.92 Å². The van der Waals surface area contributed by atoms with Gasteiger partial charge in [-0.15, -0.1) is 0 Å². The molecule has 0 unspecified atom stereocenters. The maximum Gasteiger partial charge on any atom is 0.338 e. The Hall–Kier alpha value is -3.17. The molecule has 0 saturated carbocycles. The highest BCUT2D eigenvalue weighted by atomic mass is 127. The SMILES string of the molecule is CCOC(=O)C1=C(C)N=c2s/c(=C\c3cc(I)c(OC(C)=O)c(OCC)c3)c(=O)n2[C@@H]1c1cc(OC)c(OC)cc1Br. The molecule has 13 heteroatoms. The van der Waals surface area contributed by atoms with Crippen LogP contribution in [0.4, 0.5) is 0 Å². The highest BCUT2D eigenvalue weighted by Crippen LogP contribution is 2.41. The van der Waals surface area contributed by atoms with Crippen molar-refractivity contribution in [2.24, 2.45) is 4.99 Å². The van der Waals surface area contributed by atoms with Crippen LogP contribution >= 0.6 is 49.9 Å². The van der Waals surface area contributed by atoms with E-state index in [-0.39, 0.29) is 17.7 Å². The zero-order valence-electron chi connectivity index (χ0n) is 23.7. The van der Waals surface area contributed by atoms with Crippen molar-refractivity contribution in [1.82, 2.24) is 4.57 Å². The number of carbonyl (C=O) groups is 2. The summed E-state index contributed by atoms with van der Waals surface area (Å²) in [5.74, 6) is 0.570. The Morgan fingerprint density at radius 1 is 1.10 bits per heavy atom. The molecule has 0 spiro atoms. The fourth-order valence-electron chi connectivity index (χ4n) is 4.49. The summed E-state index contributed by atoms with van der Waals surface area (Å²) in [6.45, 7) is 7.09. The molecule has 0 amide bonds. The maximum atomic E-state index is 14.1. The molecule has 1 aliphatic heterocycles. The average Bonchev–Trinajstić information content (AvgIpc) is 3.23. The van der Waals surface area contributed by atoms with Crippen molar-refractivity contribution in [2.45, 2.75) is 33.7 Å². The minimum Gasteiger partial charge on any atom is -0.493 e. The zero-order valence-corrected chi connectivity index (χ0v) is 28.3. The van der Waals surface area contributed by atoms with Crippen LogP contribution in [-0.4, -0.2) is 43.9 Å². The summed E-state index contributed by atoms with van der Waals surface area (Å²) in [5.41, 5.74) is 1.58. The van der Waals surface area contributed by atoms with Crippen molar-refractivity contribution < 1.29 is 33.3 Å². The lowest BCUT2D eigenvalue weighted by Gasteiger charge is -2.26. The number of thiazole rings is 1. The second kappa shape index (κ2) is 13.4. The fourth-order valence-corrected chi connectivity index (χ4v) is 6.81. The second-order valence-corrected chi connectivity index (χ2v) is 11.9. The minimum absolute atomic E-state index is 0.157. The third-order valence-corrected chi connectivity index (χ3v) is 8.66. The molecule has 222 valence electrons. The Bertz CT molecular complexity index is 1780. The number of allylic oxidation sites excluding steroid dienone is 1. The number of aromatic nitrogens is 1. The molecule has 3 aromatic rings. The first-order chi connectivity index (χ1) is 20.0. The predicted octanol–water partition coefficient (Wildman–Crippen LogP) is 4.51. The van der Waals surface area contributed by atoms with E-state index < -0.39 is 18.0 Å². The molecule has 1 aromatic heterocycles. The number of fused-ring (bicyclic) bond motifs is 1. The Morgan fingerprint density at radius 3 is 2.40 bits per heavy atom. The van der Waals surface area contributed by atoms with Gasteiger partial charge in [-0.3, -0.25) is 14.2 Å². The summed E-state index contributed by atoms with van der Waals surface area (Å²) < 4.78 is 30.6. The number of rotatable bonds is 9. The van der Waals surface area contributed by atoms with E-state index >= 15 is 0 Å². The van der Waals surface area contributed by atoms with E-state index in [9.17, 15) is 14.4 Å². The molecule has 4 rings (SSSR count). The van der Waals surface area contributed by atoms with Gasteiger partial charge in [0.2, 0.25) is 0 Å². The molecule has 0 bridgehead atoms. The molecule has 42 heavy (non-hydrogen) atoms. The molecular weight excluding hydrogens is 743 g/mol. The van der Waals surface area contributed by atoms with Crippen LogP contribution in [0.15, 0.2) is 49.8 Å². The molecule has 0 aliphatic carbocycles. The summed E-state index contributed by atoms with van der Waals surface area (Å²) in [5, 5.41) is 0. The van der Waals surface area contributed by atoms with Gasteiger partial charge in [0, 0.05) is 11.4 Å². The molecule has 0 fully saturated rings. The molecule has 0 N–H and O–H groups in total. The van der Waals surface area contributed by atoms with E-state index in [0.29, 0.717) is 63.8 Å². The predicted molar refractivity (Wildman–Crippen MR) is 169 cm³/mol. The normalized spacial score (nSPS) is 14.7.